The second-order valence-corrected chi connectivity index (χ2v) is 7.47. The molecular formula is C16H17Cl2NO4S. The molecule has 0 saturated carbocycles. The molecule has 2 aromatic rings. The quantitative estimate of drug-likeness (QED) is 0.784. The molecule has 0 saturated heterocycles. The smallest absolute Gasteiger partial charge is 0.244 e. The molecule has 0 aromatic heterocycles. The lowest BCUT2D eigenvalue weighted by atomic mass is 10.1. The first-order valence-electron chi connectivity index (χ1n) is 6.99. The van der Waals surface area contributed by atoms with Crippen LogP contribution in [0.4, 0.5) is 0 Å². The van der Waals surface area contributed by atoms with Gasteiger partial charge in [0, 0.05) is 29.3 Å². The number of sulfonamides is 1. The van der Waals surface area contributed by atoms with Gasteiger partial charge in [0.05, 0.1) is 13.2 Å². The number of hydrogen-bond acceptors (Lipinski definition) is 4. The Kier molecular flexibility index (Phi) is 6.48. The first-order valence-corrected chi connectivity index (χ1v) is 9.23. The number of methoxy groups -OCH3 is 2. The lowest BCUT2D eigenvalue weighted by molar-refractivity contribution is 0.107. The zero-order valence-electron chi connectivity index (χ0n) is 13.1. The number of ether oxygens (including phenoxy) is 2. The molecule has 1 atom stereocenters. The molecule has 1 N–H and O–H groups in total. The van der Waals surface area contributed by atoms with Crippen LogP contribution in [0.15, 0.2) is 47.4 Å². The first-order chi connectivity index (χ1) is 11.4. The first kappa shape index (κ1) is 19.0. The maximum Gasteiger partial charge on any atom is 0.244 e. The van der Waals surface area contributed by atoms with E-state index in [0.717, 1.165) is 0 Å². The zero-order valence-corrected chi connectivity index (χ0v) is 15.5. The summed E-state index contributed by atoms with van der Waals surface area (Å²) in [6.45, 7) is 0.0121. The van der Waals surface area contributed by atoms with Gasteiger partial charge in [-0.2, -0.15) is 0 Å². The molecule has 0 aliphatic carbocycles. The molecule has 0 amide bonds. The Morgan fingerprint density at radius 2 is 1.83 bits per heavy atom. The van der Waals surface area contributed by atoms with Crippen LogP contribution in [-0.2, 0) is 14.8 Å². The van der Waals surface area contributed by atoms with Gasteiger partial charge in [0.1, 0.15) is 10.6 Å². The van der Waals surface area contributed by atoms with Gasteiger partial charge in [-0.25, -0.2) is 13.1 Å². The average Bonchev–Trinajstić information content (AvgIpc) is 2.56. The van der Waals surface area contributed by atoms with Gasteiger partial charge in [-0.15, -0.1) is 0 Å². The van der Waals surface area contributed by atoms with Crippen LogP contribution in [0.1, 0.15) is 11.7 Å². The lowest BCUT2D eigenvalue weighted by Gasteiger charge is -2.18. The standard InChI is InChI=1S/C16H17Cl2NO4S/c1-22-14-8-7-11(17)9-16(14)24(20,21)19-10-15(23-2)12-5-3-4-6-13(12)18/h3-9,15,19H,10H2,1-2H3. The van der Waals surface area contributed by atoms with Gasteiger partial charge in [-0.1, -0.05) is 41.4 Å². The summed E-state index contributed by atoms with van der Waals surface area (Å²) in [5.41, 5.74) is 0.697. The van der Waals surface area contributed by atoms with E-state index in [1.807, 2.05) is 6.07 Å². The Morgan fingerprint density at radius 3 is 2.46 bits per heavy atom. The molecule has 8 heteroatoms. The summed E-state index contributed by atoms with van der Waals surface area (Å²) in [6, 6.07) is 11.5. The van der Waals surface area contributed by atoms with E-state index in [0.29, 0.717) is 15.6 Å². The van der Waals surface area contributed by atoms with E-state index in [1.54, 1.807) is 24.3 Å². The third kappa shape index (κ3) is 4.40. The predicted molar refractivity (Wildman–Crippen MR) is 94.4 cm³/mol. The number of nitrogens with one attached hydrogen (secondary N) is 1. The van der Waals surface area contributed by atoms with Gasteiger partial charge >= 0.3 is 0 Å². The van der Waals surface area contributed by atoms with Crippen LogP contribution in [0.25, 0.3) is 0 Å². The predicted octanol–water partition coefficient (Wildman–Crippen LogP) is 3.67. The van der Waals surface area contributed by atoms with Crippen LogP contribution in [0.2, 0.25) is 10.0 Å². The molecule has 130 valence electrons. The van der Waals surface area contributed by atoms with Crippen molar-refractivity contribution >= 4 is 33.2 Å². The van der Waals surface area contributed by atoms with Crippen LogP contribution >= 0.6 is 23.2 Å². The van der Waals surface area contributed by atoms with Crippen LogP contribution in [0.5, 0.6) is 5.75 Å². The van der Waals surface area contributed by atoms with Crippen molar-refractivity contribution in [1.82, 2.24) is 4.72 Å². The minimum absolute atomic E-state index is 0.0121. The topological polar surface area (TPSA) is 64.6 Å². The van der Waals surface area contributed by atoms with Gasteiger partial charge in [0.15, 0.2) is 0 Å². The van der Waals surface area contributed by atoms with Crippen molar-refractivity contribution in [3.8, 4) is 5.75 Å². The Bertz CT molecular complexity index is 811. The van der Waals surface area contributed by atoms with Crippen molar-refractivity contribution in [2.45, 2.75) is 11.0 Å². The number of rotatable bonds is 7. The van der Waals surface area contributed by atoms with Crippen LogP contribution < -0.4 is 9.46 Å². The van der Waals surface area contributed by atoms with E-state index in [2.05, 4.69) is 4.72 Å². The van der Waals surface area contributed by atoms with E-state index in [9.17, 15) is 8.42 Å². The maximum absolute atomic E-state index is 12.6. The lowest BCUT2D eigenvalue weighted by Crippen LogP contribution is -2.29. The molecule has 0 aliphatic rings. The Labute approximate surface area is 151 Å². The molecular weight excluding hydrogens is 373 g/mol. The number of benzene rings is 2. The Morgan fingerprint density at radius 1 is 1.12 bits per heavy atom. The van der Waals surface area contributed by atoms with Crippen molar-refractivity contribution in [1.29, 1.82) is 0 Å². The summed E-state index contributed by atoms with van der Waals surface area (Å²) < 4.78 is 38.1. The summed E-state index contributed by atoms with van der Waals surface area (Å²) in [4.78, 5) is -0.0356. The summed E-state index contributed by atoms with van der Waals surface area (Å²) in [6.07, 6.45) is -0.529. The normalized spacial score (nSPS) is 12.8. The SMILES string of the molecule is COc1ccc(Cl)cc1S(=O)(=O)NCC(OC)c1ccccc1Cl. The summed E-state index contributed by atoms with van der Waals surface area (Å²) >= 11 is 12.0. The molecule has 2 aromatic carbocycles. The molecule has 2 rings (SSSR count). The molecule has 0 spiro atoms. The Hall–Kier alpha value is -1.31. The highest BCUT2D eigenvalue weighted by molar-refractivity contribution is 7.89. The van der Waals surface area contributed by atoms with Gasteiger partial charge in [0.25, 0.3) is 0 Å². The summed E-state index contributed by atoms with van der Waals surface area (Å²) in [5, 5.41) is 0.800. The van der Waals surface area contributed by atoms with Crippen molar-refractivity contribution in [3.63, 3.8) is 0 Å². The molecule has 5 nitrogen and oxygen atoms in total. The van der Waals surface area contributed by atoms with E-state index < -0.39 is 16.1 Å². The van der Waals surface area contributed by atoms with Gasteiger partial charge in [-0.3, -0.25) is 0 Å². The number of halogens is 2. The van der Waals surface area contributed by atoms with Crippen molar-refractivity contribution in [2.24, 2.45) is 0 Å². The van der Waals surface area contributed by atoms with Gasteiger partial charge in [0.2, 0.25) is 10.0 Å². The average molecular weight is 390 g/mol. The van der Waals surface area contributed by atoms with Crippen molar-refractivity contribution < 1.29 is 17.9 Å². The minimum Gasteiger partial charge on any atom is -0.495 e. The van der Waals surface area contributed by atoms with E-state index in [4.69, 9.17) is 32.7 Å². The van der Waals surface area contributed by atoms with Gasteiger partial charge < -0.3 is 9.47 Å². The maximum atomic E-state index is 12.6. The highest BCUT2D eigenvalue weighted by Gasteiger charge is 2.23. The van der Waals surface area contributed by atoms with Crippen LogP contribution in [0.3, 0.4) is 0 Å². The molecule has 0 radical (unpaired) electrons. The Balaban J connectivity index is 2.24. The number of hydrogen-bond donors (Lipinski definition) is 1. The molecule has 0 fully saturated rings. The fourth-order valence-electron chi connectivity index (χ4n) is 2.18. The highest BCUT2D eigenvalue weighted by atomic mass is 35.5. The van der Waals surface area contributed by atoms with E-state index in [1.165, 1.54) is 26.4 Å². The summed E-state index contributed by atoms with van der Waals surface area (Å²) in [5.74, 6) is 0.207. The third-order valence-electron chi connectivity index (χ3n) is 3.41. The van der Waals surface area contributed by atoms with Crippen LogP contribution in [-0.4, -0.2) is 29.2 Å². The van der Waals surface area contributed by atoms with E-state index in [-0.39, 0.29) is 17.2 Å². The summed E-state index contributed by atoms with van der Waals surface area (Å²) in [7, 11) is -0.953. The molecule has 0 bridgehead atoms. The zero-order chi connectivity index (χ0) is 17.7. The fraction of sp³-hybridized carbons (Fsp3) is 0.250. The molecule has 24 heavy (non-hydrogen) atoms. The largest absolute Gasteiger partial charge is 0.495 e. The van der Waals surface area contributed by atoms with Crippen LogP contribution in [0, 0.1) is 0 Å². The fourth-order valence-corrected chi connectivity index (χ4v) is 3.90. The third-order valence-corrected chi connectivity index (χ3v) is 5.43. The van der Waals surface area contributed by atoms with Crippen molar-refractivity contribution in [3.05, 3.63) is 58.1 Å². The second kappa shape index (κ2) is 8.18. The monoisotopic (exact) mass is 389 g/mol. The minimum atomic E-state index is -3.83. The molecule has 0 aliphatic heterocycles. The van der Waals surface area contributed by atoms with Gasteiger partial charge in [-0.05, 0) is 24.3 Å². The highest BCUT2D eigenvalue weighted by Crippen LogP contribution is 2.28. The second-order valence-electron chi connectivity index (χ2n) is 4.89. The van der Waals surface area contributed by atoms with Crippen molar-refractivity contribution in [2.75, 3.05) is 20.8 Å². The van der Waals surface area contributed by atoms with E-state index >= 15 is 0 Å². The molecule has 0 heterocycles. The molecule has 1 unspecified atom stereocenters.